The molecule has 0 fully saturated rings. The molecule has 1 aromatic carbocycles. The smallest absolute Gasteiger partial charge is 0.128 e. The van der Waals surface area contributed by atoms with Crippen molar-refractivity contribution in [2.24, 2.45) is 5.73 Å². The van der Waals surface area contributed by atoms with Crippen molar-refractivity contribution in [2.45, 2.75) is 19.9 Å². The van der Waals surface area contributed by atoms with Crippen LogP contribution in [0.25, 0.3) is 11.3 Å². The molecule has 15 heavy (non-hydrogen) atoms. The first-order valence-corrected chi connectivity index (χ1v) is 5.07. The van der Waals surface area contributed by atoms with Crippen molar-refractivity contribution in [3.63, 3.8) is 0 Å². The Hall–Kier alpha value is -1.61. The van der Waals surface area contributed by atoms with E-state index in [0.717, 1.165) is 23.2 Å². The van der Waals surface area contributed by atoms with E-state index in [-0.39, 0.29) is 0 Å². The van der Waals surface area contributed by atoms with E-state index in [9.17, 15) is 0 Å². The molecule has 0 amide bonds. The van der Waals surface area contributed by atoms with Crippen molar-refractivity contribution >= 4 is 0 Å². The lowest BCUT2D eigenvalue weighted by Gasteiger charge is -2.00. The van der Waals surface area contributed by atoms with E-state index in [1.54, 1.807) is 6.26 Å². The molecule has 0 radical (unpaired) electrons. The summed E-state index contributed by atoms with van der Waals surface area (Å²) in [4.78, 5) is 0. The van der Waals surface area contributed by atoms with Gasteiger partial charge in [-0.05, 0) is 12.0 Å². The van der Waals surface area contributed by atoms with Crippen LogP contribution in [-0.4, -0.2) is 5.16 Å². The van der Waals surface area contributed by atoms with Crippen LogP contribution < -0.4 is 5.73 Å². The lowest BCUT2D eigenvalue weighted by Crippen LogP contribution is -1.96. The molecule has 1 heterocycles. The molecule has 0 spiro atoms. The molecule has 2 N–H and O–H groups in total. The average Bonchev–Trinajstić information content (AvgIpc) is 2.77. The van der Waals surface area contributed by atoms with Crippen LogP contribution in [0.15, 0.2) is 35.1 Å². The van der Waals surface area contributed by atoms with Crippen LogP contribution in [0.3, 0.4) is 0 Å². The summed E-state index contributed by atoms with van der Waals surface area (Å²) in [6.45, 7) is 2.59. The van der Waals surface area contributed by atoms with Crippen LogP contribution in [0.1, 0.15) is 18.1 Å². The Labute approximate surface area is 88.9 Å². The molecule has 0 saturated carbocycles. The van der Waals surface area contributed by atoms with Gasteiger partial charge in [0.1, 0.15) is 12.0 Å². The largest absolute Gasteiger partial charge is 0.364 e. The highest BCUT2D eigenvalue weighted by atomic mass is 16.5. The fraction of sp³-hybridized carbons (Fsp3) is 0.250. The molecule has 0 unspecified atom stereocenters. The van der Waals surface area contributed by atoms with Gasteiger partial charge in [0.25, 0.3) is 0 Å². The van der Waals surface area contributed by atoms with Crippen LogP contribution in [0.5, 0.6) is 0 Å². The Kier molecular flexibility index (Phi) is 2.83. The number of nitrogens with zero attached hydrogens (tertiary/aromatic N) is 1. The zero-order valence-electron chi connectivity index (χ0n) is 8.73. The predicted octanol–water partition coefficient (Wildman–Crippen LogP) is 2.36. The molecule has 0 aliphatic heterocycles. The van der Waals surface area contributed by atoms with Gasteiger partial charge >= 0.3 is 0 Å². The number of aryl methyl sites for hydroxylation is 1. The Morgan fingerprint density at radius 1 is 1.27 bits per heavy atom. The molecule has 78 valence electrons. The van der Waals surface area contributed by atoms with E-state index in [4.69, 9.17) is 10.3 Å². The molecule has 2 rings (SSSR count). The maximum atomic E-state index is 5.59. The number of nitrogens with two attached hydrogens (primary N) is 1. The van der Waals surface area contributed by atoms with Crippen molar-refractivity contribution in [2.75, 3.05) is 0 Å². The van der Waals surface area contributed by atoms with E-state index in [2.05, 4.69) is 36.3 Å². The molecule has 0 saturated heterocycles. The number of hydrogen-bond donors (Lipinski definition) is 1. The zero-order chi connectivity index (χ0) is 10.7. The van der Waals surface area contributed by atoms with E-state index in [0.29, 0.717) is 6.54 Å². The Balaban J connectivity index is 2.37. The summed E-state index contributed by atoms with van der Waals surface area (Å²) in [6.07, 6.45) is 2.64. The molecule has 0 atom stereocenters. The average molecular weight is 202 g/mol. The van der Waals surface area contributed by atoms with Gasteiger partial charge in [-0.3, -0.25) is 0 Å². The normalized spacial score (nSPS) is 10.5. The van der Waals surface area contributed by atoms with Crippen molar-refractivity contribution in [1.29, 1.82) is 0 Å². The van der Waals surface area contributed by atoms with Crippen LogP contribution in [0.2, 0.25) is 0 Å². The highest BCUT2D eigenvalue weighted by Gasteiger charge is 2.07. The third kappa shape index (κ3) is 1.92. The summed E-state index contributed by atoms with van der Waals surface area (Å²) in [6, 6.07) is 8.31. The van der Waals surface area contributed by atoms with Crippen LogP contribution in [0, 0.1) is 0 Å². The van der Waals surface area contributed by atoms with E-state index >= 15 is 0 Å². The SMILES string of the molecule is CCc1ccc(-c2nocc2CN)cc1. The Morgan fingerprint density at radius 2 is 2.00 bits per heavy atom. The molecule has 0 bridgehead atoms. The van der Waals surface area contributed by atoms with Gasteiger partial charge in [0.2, 0.25) is 0 Å². The van der Waals surface area contributed by atoms with Crippen LogP contribution in [-0.2, 0) is 13.0 Å². The van der Waals surface area contributed by atoms with E-state index in [1.165, 1.54) is 5.56 Å². The first-order chi connectivity index (χ1) is 7.35. The third-order valence-corrected chi connectivity index (χ3v) is 2.50. The van der Waals surface area contributed by atoms with Gasteiger partial charge in [-0.25, -0.2) is 0 Å². The summed E-state index contributed by atoms with van der Waals surface area (Å²) in [5, 5.41) is 3.96. The van der Waals surface area contributed by atoms with Crippen molar-refractivity contribution in [3.05, 3.63) is 41.7 Å². The monoisotopic (exact) mass is 202 g/mol. The molecular formula is C12H14N2O. The second kappa shape index (κ2) is 4.28. The first kappa shape index (κ1) is 9.93. The van der Waals surface area contributed by atoms with Crippen molar-refractivity contribution < 1.29 is 4.52 Å². The van der Waals surface area contributed by atoms with Crippen molar-refractivity contribution in [3.8, 4) is 11.3 Å². The predicted molar refractivity (Wildman–Crippen MR) is 59.2 cm³/mol. The third-order valence-electron chi connectivity index (χ3n) is 2.50. The summed E-state index contributed by atoms with van der Waals surface area (Å²) in [7, 11) is 0. The molecule has 2 aromatic rings. The fourth-order valence-corrected chi connectivity index (χ4v) is 1.54. The molecule has 0 aliphatic rings. The second-order valence-corrected chi connectivity index (χ2v) is 3.44. The van der Waals surface area contributed by atoms with Gasteiger partial charge in [-0.15, -0.1) is 0 Å². The van der Waals surface area contributed by atoms with E-state index in [1.807, 2.05) is 0 Å². The Bertz CT molecular complexity index is 431. The minimum atomic E-state index is 0.453. The van der Waals surface area contributed by atoms with Gasteiger partial charge in [0.15, 0.2) is 0 Å². The second-order valence-electron chi connectivity index (χ2n) is 3.44. The highest BCUT2D eigenvalue weighted by Crippen LogP contribution is 2.22. The molecule has 1 aromatic heterocycles. The van der Waals surface area contributed by atoms with Gasteiger partial charge < -0.3 is 10.3 Å². The zero-order valence-corrected chi connectivity index (χ0v) is 8.73. The van der Waals surface area contributed by atoms with Gasteiger partial charge in [-0.1, -0.05) is 36.3 Å². The molecule has 0 aliphatic carbocycles. The number of hydrogen-bond acceptors (Lipinski definition) is 3. The number of benzene rings is 1. The fourth-order valence-electron chi connectivity index (χ4n) is 1.54. The summed E-state index contributed by atoms with van der Waals surface area (Å²) >= 11 is 0. The van der Waals surface area contributed by atoms with Gasteiger partial charge in [0.05, 0.1) is 0 Å². The highest BCUT2D eigenvalue weighted by molar-refractivity contribution is 5.62. The first-order valence-electron chi connectivity index (χ1n) is 5.07. The molecule has 3 heteroatoms. The Morgan fingerprint density at radius 3 is 2.60 bits per heavy atom. The summed E-state index contributed by atoms with van der Waals surface area (Å²) < 4.78 is 4.92. The quantitative estimate of drug-likeness (QED) is 0.831. The number of rotatable bonds is 3. The van der Waals surface area contributed by atoms with Crippen LogP contribution >= 0.6 is 0 Å². The molecular weight excluding hydrogens is 188 g/mol. The molecule has 3 nitrogen and oxygen atoms in total. The van der Waals surface area contributed by atoms with Crippen LogP contribution in [0.4, 0.5) is 0 Å². The van der Waals surface area contributed by atoms with Gasteiger partial charge in [-0.2, -0.15) is 0 Å². The van der Waals surface area contributed by atoms with Crippen molar-refractivity contribution in [1.82, 2.24) is 5.16 Å². The lowest BCUT2D eigenvalue weighted by molar-refractivity contribution is 0.421. The minimum absolute atomic E-state index is 0.453. The minimum Gasteiger partial charge on any atom is -0.364 e. The standard InChI is InChI=1S/C12H14N2O/c1-2-9-3-5-10(6-4-9)12-11(7-13)8-15-14-12/h3-6,8H,2,7,13H2,1H3. The lowest BCUT2D eigenvalue weighted by atomic mass is 10.1. The summed E-state index contributed by atoms with van der Waals surface area (Å²) in [5.74, 6) is 0. The topological polar surface area (TPSA) is 52.0 Å². The maximum absolute atomic E-state index is 5.59. The van der Waals surface area contributed by atoms with E-state index < -0.39 is 0 Å². The summed E-state index contributed by atoms with van der Waals surface area (Å²) in [5.41, 5.74) is 9.75. The maximum Gasteiger partial charge on any atom is 0.128 e. The number of aromatic nitrogens is 1. The van der Waals surface area contributed by atoms with Gasteiger partial charge in [0, 0.05) is 17.7 Å².